The quantitative estimate of drug-likeness (QED) is 0.122. The first-order valence-electron chi connectivity index (χ1n) is 13.8. The fourth-order valence-corrected chi connectivity index (χ4v) is 5.55. The van der Waals surface area contributed by atoms with Gasteiger partial charge in [0.1, 0.15) is 11.5 Å². The summed E-state index contributed by atoms with van der Waals surface area (Å²) >= 11 is 0. The molecule has 4 aromatic rings. The molecule has 42 heavy (non-hydrogen) atoms. The Bertz CT molecular complexity index is 1360. The average molecular weight is 593 g/mol. The van der Waals surface area contributed by atoms with Crippen LogP contribution in [-0.4, -0.2) is 11.6 Å². The van der Waals surface area contributed by atoms with Crippen LogP contribution in [0.15, 0.2) is 109 Å². The van der Waals surface area contributed by atoms with Crippen LogP contribution in [0.25, 0.3) is 0 Å². The Morgan fingerprint density at radius 2 is 0.952 bits per heavy atom. The van der Waals surface area contributed by atoms with E-state index in [1.165, 1.54) is 24.3 Å². The number of phosphoric ester groups is 1. The molecule has 0 heterocycles. The van der Waals surface area contributed by atoms with Crippen LogP contribution in [0.5, 0.6) is 11.5 Å². The molecule has 0 radical (unpaired) electrons. The minimum absolute atomic E-state index is 0. The SMILES string of the molecule is CCC(Cc1ccccc1)C(=O)c1ccc(OP(=O)([O-])Oc2ccc(C(=O)C(CC)Cc3ccccc3)cc2)cc1.[Na+]. The van der Waals surface area contributed by atoms with Gasteiger partial charge in [-0.2, -0.15) is 0 Å². The second kappa shape index (κ2) is 16.0. The van der Waals surface area contributed by atoms with Gasteiger partial charge in [0.25, 0.3) is 0 Å². The minimum Gasteiger partial charge on any atom is -0.736 e. The number of hydrogen-bond donors (Lipinski definition) is 0. The maximum atomic E-state index is 13.0. The first kappa shape index (κ1) is 33.5. The van der Waals surface area contributed by atoms with Crippen LogP contribution in [0, 0.1) is 11.8 Å². The van der Waals surface area contributed by atoms with E-state index in [2.05, 4.69) is 0 Å². The molecule has 0 N–H and O–H groups in total. The maximum Gasteiger partial charge on any atom is 1.00 e. The van der Waals surface area contributed by atoms with Crippen LogP contribution >= 0.6 is 7.82 Å². The van der Waals surface area contributed by atoms with E-state index in [-0.39, 0.29) is 64.5 Å². The van der Waals surface area contributed by atoms with Gasteiger partial charge in [0.2, 0.25) is 0 Å². The molecule has 0 aliphatic carbocycles. The predicted octanol–water partition coefficient (Wildman–Crippen LogP) is 4.52. The zero-order chi connectivity index (χ0) is 29.2. The molecule has 0 aliphatic rings. The normalized spacial score (nSPS) is 13.6. The van der Waals surface area contributed by atoms with Crippen LogP contribution in [0.4, 0.5) is 0 Å². The van der Waals surface area contributed by atoms with Crippen molar-refractivity contribution in [3.63, 3.8) is 0 Å². The Morgan fingerprint density at radius 3 is 1.26 bits per heavy atom. The first-order valence-corrected chi connectivity index (χ1v) is 15.3. The number of phosphoric acid groups is 1. The van der Waals surface area contributed by atoms with Crippen molar-refractivity contribution in [3.05, 3.63) is 131 Å². The van der Waals surface area contributed by atoms with Crippen molar-refractivity contribution in [2.75, 3.05) is 0 Å². The topological polar surface area (TPSA) is 92.7 Å². The van der Waals surface area contributed by atoms with E-state index in [4.69, 9.17) is 9.05 Å². The van der Waals surface area contributed by atoms with E-state index in [1.54, 1.807) is 24.3 Å². The monoisotopic (exact) mass is 592 g/mol. The van der Waals surface area contributed by atoms with Gasteiger partial charge in [0.05, 0.1) is 0 Å². The summed E-state index contributed by atoms with van der Waals surface area (Å²) in [5.74, 6) is -0.303. The summed E-state index contributed by atoms with van der Waals surface area (Å²) in [6, 6.07) is 31.7. The molecule has 212 valence electrons. The van der Waals surface area contributed by atoms with Crippen molar-refractivity contribution in [3.8, 4) is 11.5 Å². The Labute approximate surface area is 270 Å². The molecule has 0 saturated heterocycles. The van der Waals surface area contributed by atoms with Crippen LogP contribution in [0.2, 0.25) is 0 Å². The van der Waals surface area contributed by atoms with E-state index >= 15 is 0 Å². The molecule has 0 aliphatic heterocycles. The van der Waals surface area contributed by atoms with E-state index < -0.39 is 7.82 Å². The van der Waals surface area contributed by atoms with Gasteiger partial charge < -0.3 is 13.9 Å². The number of rotatable bonds is 14. The predicted molar refractivity (Wildman–Crippen MR) is 158 cm³/mol. The summed E-state index contributed by atoms with van der Waals surface area (Å²) in [6.45, 7) is 3.95. The molecule has 0 saturated carbocycles. The van der Waals surface area contributed by atoms with Crippen LogP contribution in [-0.2, 0) is 17.4 Å². The van der Waals surface area contributed by atoms with E-state index in [0.717, 1.165) is 11.1 Å². The van der Waals surface area contributed by atoms with Gasteiger partial charge >= 0.3 is 37.4 Å². The third kappa shape index (κ3) is 9.52. The second-order valence-corrected chi connectivity index (χ2v) is 11.3. The Balaban J connectivity index is 0.00000484. The van der Waals surface area contributed by atoms with Gasteiger partial charge in [-0.1, -0.05) is 74.5 Å². The third-order valence-electron chi connectivity index (χ3n) is 7.09. The fraction of sp³-hybridized carbons (Fsp3) is 0.235. The van der Waals surface area contributed by atoms with Crippen molar-refractivity contribution in [1.82, 2.24) is 0 Å². The molecule has 0 amide bonds. The third-order valence-corrected chi connectivity index (χ3v) is 7.96. The van der Waals surface area contributed by atoms with E-state index in [1.807, 2.05) is 74.5 Å². The van der Waals surface area contributed by atoms with E-state index in [9.17, 15) is 19.0 Å². The standard InChI is InChI=1S/C34H35O6P.Na/c1-3-27(23-25-11-7-5-8-12-25)33(35)29-15-19-31(20-16-29)39-41(37,38)40-32-21-17-30(18-22-32)34(36)28(4-2)24-26-13-9-6-10-14-26;/h5-22,27-28H,3-4,23-24H2,1-2H3,(H,37,38);/q;+1/p-1. The van der Waals surface area contributed by atoms with Crippen molar-refractivity contribution >= 4 is 19.4 Å². The molecular formula is C34H34NaO6P. The van der Waals surface area contributed by atoms with Crippen LogP contribution in [0.3, 0.4) is 0 Å². The largest absolute Gasteiger partial charge is 1.00 e. The number of ketones is 2. The maximum absolute atomic E-state index is 13.0. The molecule has 8 heteroatoms. The fourth-order valence-electron chi connectivity index (χ4n) is 4.75. The van der Waals surface area contributed by atoms with Gasteiger partial charge in [-0.25, -0.2) is 4.57 Å². The second-order valence-electron chi connectivity index (χ2n) is 10.00. The smallest absolute Gasteiger partial charge is 0.736 e. The molecule has 0 spiro atoms. The zero-order valence-electron chi connectivity index (χ0n) is 24.3. The van der Waals surface area contributed by atoms with Crippen LogP contribution in [0.1, 0.15) is 58.5 Å². The van der Waals surface area contributed by atoms with Gasteiger partial charge in [-0.3, -0.25) is 9.59 Å². The molecule has 0 fully saturated rings. The number of carbonyl (C=O) groups is 2. The van der Waals surface area contributed by atoms with Crippen molar-refractivity contribution in [1.29, 1.82) is 0 Å². The minimum atomic E-state index is -4.78. The molecule has 4 rings (SSSR count). The Morgan fingerprint density at radius 1 is 0.619 bits per heavy atom. The van der Waals surface area contributed by atoms with Crippen molar-refractivity contribution < 1.29 is 57.7 Å². The molecule has 2 atom stereocenters. The summed E-state index contributed by atoms with van der Waals surface area (Å²) in [4.78, 5) is 38.7. The van der Waals surface area contributed by atoms with Crippen molar-refractivity contribution in [2.45, 2.75) is 39.5 Å². The molecular weight excluding hydrogens is 558 g/mol. The van der Waals surface area contributed by atoms with Gasteiger partial charge in [0, 0.05) is 23.0 Å². The summed E-state index contributed by atoms with van der Waals surface area (Å²) in [5, 5.41) is 0. The molecule has 6 nitrogen and oxygen atoms in total. The van der Waals surface area contributed by atoms with E-state index in [0.29, 0.717) is 36.8 Å². The number of carbonyl (C=O) groups excluding carboxylic acids is 2. The average Bonchev–Trinajstić information content (AvgIpc) is 2.99. The molecule has 4 aromatic carbocycles. The number of benzene rings is 4. The van der Waals surface area contributed by atoms with Crippen LogP contribution < -0.4 is 43.5 Å². The van der Waals surface area contributed by atoms with Gasteiger partial charge in [0.15, 0.2) is 11.6 Å². The van der Waals surface area contributed by atoms with Gasteiger partial charge in [-0.05, 0) is 85.3 Å². The molecule has 2 unspecified atom stereocenters. The zero-order valence-corrected chi connectivity index (χ0v) is 27.2. The van der Waals surface area contributed by atoms with Crippen molar-refractivity contribution in [2.24, 2.45) is 11.8 Å². The number of hydrogen-bond acceptors (Lipinski definition) is 6. The Hall–Kier alpha value is -2.99. The Kier molecular flexibility index (Phi) is 12.8. The number of Topliss-reactive ketones (excluding diaryl/α,β-unsaturated/α-hetero) is 2. The summed E-state index contributed by atoms with van der Waals surface area (Å²) in [5.41, 5.74) is 3.15. The summed E-state index contributed by atoms with van der Waals surface area (Å²) < 4.78 is 22.8. The summed E-state index contributed by atoms with van der Waals surface area (Å²) in [7, 11) is -4.78. The molecule has 0 bridgehead atoms. The van der Waals surface area contributed by atoms with Gasteiger partial charge in [-0.15, -0.1) is 0 Å². The first-order chi connectivity index (χ1) is 19.8. The molecule has 0 aromatic heterocycles. The summed E-state index contributed by atoms with van der Waals surface area (Å²) in [6.07, 6.45) is 2.64.